The Morgan fingerprint density at radius 3 is 2.57 bits per heavy atom. The maximum Gasteiger partial charge on any atom is 0.573 e. The average Bonchev–Trinajstić information content (AvgIpc) is 3.64. The summed E-state index contributed by atoms with van der Waals surface area (Å²) in [5.41, 5.74) is 11.5. The third-order valence-electron chi connectivity index (χ3n) is 7.68. The molecule has 8 nitrogen and oxygen atoms in total. The second-order valence-corrected chi connectivity index (χ2v) is 12.1. The number of benzene rings is 2. The molecule has 0 bridgehead atoms. The third kappa shape index (κ3) is 5.27. The van der Waals surface area contributed by atoms with Crippen LogP contribution in [0.1, 0.15) is 54.2 Å². The Kier molecular flexibility index (Phi) is 6.67. The maximum atomic E-state index is 13.7. The van der Waals surface area contributed by atoms with E-state index in [0.29, 0.717) is 41.1 Å². The Hall–Kier alpha value is -3.81. The van der Waals surface area contributed by atoms with E-state index in [4.69, 9.17) is 21.2 Å². The molecular weight excluding hydrogens is 576 g/mol. The van der Waals surface area contributed by atoms with Crippen molar-refractivity contribution in [2.75, 3.05) is 12.3 Å². The van der Waals surface area contributed by atoms with Crippen molar-refractivity contribution in [3.63, 3.8) is 0 Å². The summed E-state index contributed by atoms with van der Waals surface area (Å²) in [7, 11) is 0. The highest BCUT2D eigenvalue weighted by Gasteiger charge is 2.48. The fourth-order valence-corrected chi connectivity index (χ4v) is 6.15. The number of nitrogens with two attached hydrogens (primary N) is 2. The highest BCUT2D eigenvalue weighted by molar-refractivity contribution is 7.22. The molecule has 5 N–H and O–H groups in total. The minimum atomic E-state index is -5.00. The molecule has 1 saturated carbocycles. The van der Waals surface area contributed by atoms with Gasteiger partial charge in [-0.15, -0.1) is 13.2 Å². The Morgan fingerprint density at radius 2 is 1.90 bits per heavy atom. The number of halogens is 4. The highest BCUT2D eigenvalue weighted by atomic mass is 32.1. The fourth-order valence-electron chi connectivity index (χ4n) is 5.36. The number of ether oxygens (including phenoxy) is 2. The van der Waals surface area contributed by atoms with Crippen molar-refractivity contribution in [2.24, 2.45) is 11.7 Å². The molecule has 3 heterocycles. The quantitative estimate of drug-likeness (QED) is 0.170. The van der Waals surface area contributed by atoms with E-state index in [0.717, 1.165) is 17.4 Å². The number of nitrogen functional groups attached to an aromatic ring is 1. The van der Waals surface area contributed by atoms with Crippen LogP contribution in [-0.4, -0.2) is 33.8 Å². The number of hydrogen-bond acceptors (Lipinski definition) is 9. The molecular formula is C29H26F4N4O4S. The van der Waals surface area contributed by atoms with Crippen molar-refractivity contribution in [1.29, 1.82) is 0 Å². The number of hydrogen-bond donors (Lipinski definition) is 3. The first-order valence-electron chi connectivity index (χ1n) is 13.2. The summed E-state index contributed by atoms with van der Waals surface area (Å²) in [5.74, 6) is -1.30. The zero-order valence-corrected chi connectivity index (χ0v) is 23.1. The lowest BCUT2D eigenvalue weighted by Crippen LogP contribution is -2.35. The van der Waals surface area contributed by atoms with Gasteiger partial charge in [-0.25, -0.2) is 14.4 Å². The normalized spacial score (nSPS) is 19.8. The average molecular weight is 603 g/mol. The molecule has 0 saturated heterocycles. The molecule has 2 aromatic carbocycles. The van der Waals surface area contributed by atoms with Crippen molar-refractivity contribution >= 4 is 32.5 Å². The molecule has 6 rings (SSSR count). The molecule has 0 unspecified atom stereocenters. The minimum Gasteiger partial charge on any atom is -0.489 e. The van der Waals surface area contributed by atoms with Gasteiger partial charge in [0.05, 0.1) is 15.9 Å². The first kappa shape index (κ1) is 28.3. The molecule has 4 aromatic rings. The first-order chi connectivity index (χ1) is 19.7. The summed E-state index contributed by atoms with van der Waals surface area (Å²) in [6.07, 6.45) is -3.85. The number of carbonyl (C=O) groups excluding carboxylic acids is 1. The van der Waals surface area contributed by atoms with Crippen LogP contribution >= 0.6 is 11.3 Å². The van der Waals surface area contributed by atoms with Crippen molar-refractivity contribution < 1.29 is 36.9 Å². The van der Waals surface area contributed by atoms with Gasteiger partial charge in [0.25, 0.3) is 0 Å². The van der Waals surface area contributed by atoms with Gasteiger partial charge in [-0.3, -0.25) is 4.79 Å². The minimum absolute atomic E-state index is 0.0274. The molecule has 2 aromatic heterocycles. The second-order valence-electron chi connectivity index (χ2n) is 11.0. The summed E-state index contributed by atoms with van der Waals surface area (Å²) >= 11 is 0.931. The smallest absolute Gasteiger partial charge is 0.489 e. The number of rotatable bonds is 8. The van der Waals surface area contributed by atoms with Crippen LogP contribution in [0.2, 0.25) is 0 Å². The molecule has 0 amide bonds. The van der Waals surface area contributed by atoms with Crippen molar-refractivity contribution in [3.8, 4) is 22.8 Å². The van der Waals surface area contributed by atoms with Crippen LogP contribution in [0.3, 0.4) is 0 Å². The van der Waals surface area contributed by atoms with Gasteiger partial charge in [0.2, 0.25) is 0 Å². The van der Waals surface area contributed by atoms with Gasteiger partial charge in [0.1, 0.15) is 29.2 Å². The summed E-state index contributed by atoms with van der Waals surface area (Å²) < 4.78 is 63.2. The topological polar surface area (TPSA) is 134 Å². The fraction of sp³-hybridized carbons (Fsp3) is 0.345. The second kappa shape index (κ2) is 9.89. The summed E-state index contributed by atoms with van der Waals surface area (Å²) in [5, 5.41) is 12.1. The summed E-state index contributed by atoms with van der Waals surface area (Å²) in [6.45, 7) is 1.97. The van der Waals surface area contributed by atoms with E-state index in [1.165, 1.54) is 18.2 Å². The predicted octanol–water partition coefficient (Wildman–Crippen LogP) is 5.81. The summed E-state index contributed by atoms with van der Waals surface area (Å²) in [6, 6.07) is 9.80. The van der Waals surface area contributed by atoms with Gasteiger partial charge >= 0.3 is 6.36 Å². The van der Waals surface area contributed by atoms with E-state index in [1.54, 1.807) is 25.1 Å². The molecule has 42 heavy (non-hydrogen) atoms. The Balaban J connectivity index is 1.35. The standard InChI is InChI=1S/C29H26F4N4O4S/c1-27(35)13-40-25-18(27)12-22(36-23(25)14-2-6-17(30)7-3-14)28(39,16-4-5-16)9-8-19(38)15-10-20(41-29(31,32)33)24-21(11-15)42-26(34)37-24/h2-3,6-7,10-12,16,39H,4-5,8-9,13,35H2,1H3,(H2,34,37)/t27-,28+/m0/s1. The van der Waals surface area contributed by atoms with E-state index in [1.807, 2.05) is 0 Å². The van der Waals surface area contributed by atoms with Gasteiger partial charge in [-0.1, -0.05) is 11.3 Å². The van der Waals surface area contributed by atoms with E-state index in [-0.39, 0.29) is 46.3 Å². The summed E-state index contributed by atoms with van der Waals surface area (Å²) in [4.78, 5) is 22.0. The number of fused-ring (bicyclic) bond motifs is 2. The lowest BCUT2D eigenvalue weighted by atomic mass is 9.83. The van der Waals surface area contributed by atoms with Gasteiger partial charge in [-0.05, 0) is 74.6 Å². The van der Waals surface area contributed by atoms with Crippen LogP contribution in [0.4, 0.5) is 22.7 Å². The maximum absolute atomic E-state index is 13.7. The van der Waals surface area contributed by atoms with E-state index >= 15 is 0 Å². The van der Waals surface area contributed by atoms with Crippen LogP contribution in [0, 0.1) is 11.7 Å². The van der Waals surface area contributed by atoms with Crippen LogP contribution < -0.4 is 20.9 Å². The number of Topliss-reactive ketones (excluding diaryl/α,β-unsaturated/α-hetero) is 1. The SMILES string of the molecule is C[C@]1(N)COc2c1cc([C@@](O)(CCC(=O)c1cc(OC(F)(F)F)c3nc(N)sc3c1)C1CC1)nc2-c1ccc(F)cc1. The molecule has 0 radical (unpaired) electrons. The highest BCUT2D eigenvalue weighted by Crippen LogP contribution is 2.51. The number of pyridine rings is 1. The Morgan fingerprint density at radius 1 is 1.19 bits per heavy atom. The number of carbonyl (C=O) groups is 1. The first-order valence-corrected chi connectivity index (χ1v) is 14.0. The third-order valence-corrected chi connectivity index (χ3v) is 8.51. The number of anilines is 1. The lowest BCUT2D eigenvalue weighted by molar-refractivity contribution is -0.274. The zero-order valence-electron chi connectivity index (χ0n) is 22.3. The van der Waals surface area contributed by atoms with Gasteiger partial charge in [-0.2, -0.15) is 0 Å². The Labute approximate surface area is 241 Å². The number of aliphatic hydroxyl groups is 1. The van der Waals surface area contributed by atoms with Crippen LogP contribution in [0.15, 0.2) is 42.5 Å². The van der Waals surface area contributed by atoms with E-state index in [2.05, 4.69) is 9.72 Å². The number of ketones is 1. The predicted molar refractivity (Wildman–Crippen MR) is 148 cm³/mol. The molecule has 2 aliphatic rings. The molecule has 2 atom stereocenters. The molecule has 1 aliphatic carbocycles. The lowest BCUT2D eigenvalue weighted by Gasteiger charge is -2.29. The Bertz CT molecular complexity index is 1700. The molecule has 1 aliphatic heterocycles. The number of aromatic nitrogens is 2. The van der Waals surface area contributed by atoms with Crippen molar-refractivity contribution in [3.05, 3.63) is 65.1 Å². The molecule has 220 valence electrons. The number of nitrogens with zero attached hydrogens (tertiary/aromatic N) is 2. The monoisotopic (exact) mass is 602 g/mol. The van der Waals surface area contributed by atoms with Gasteiger partial charge in [0, 0.05) is 23.1 Å². The van der Waals surface area contributed by atoms with E-state index in [9.17, 15) is 27.5 Å². The van der Waals surface area contributed by atoms with Crippen LogP contribution in [0.25, 0.3) is 21.5 Å². The largest absolute Gasteiger partial charge is 0.573 e. The van der Waals surface area contributed by atoms with Crippen LogP contribution in [0.5, 0.6) is 11.5 Å². The van der Waals surface area contributed by atoms with Crippen molar-refractivity contribution in [2.45, 2.75) is 50.1 Å². The molecule has 1 fully saturated rings. The van der Waals surface area contributed by atoms with Gasteiger partial charge < -0.3 is 26.0 Å². The van der Waals surface area contributed by atoms with Crippen LogP contribution in [-0.2, 0) is 11.1 Å². The zero-order chi connectivity index (χ0) is 30.0. The molecule has 0 spiro atoms. The number of alkyl halides is 3. The van der Waals surface area contributed by atoms with E-state index < -0.39 is 34.9 Å². The molecule has 13 heteroatoms. The van der Waals surface area contributed by atoms with Gasteiger partial charge in [0.15, 0.2) is 22.4 Å². The van der Waals surface area contributed by atoms with Crippen molar-refractivity contribution in [1.82, 2.24) is 9.97 Å². The number of thiazole rings is 1.